The second-order valence-corrected chi connectivity index (χ2v) is 8.79. The molecule has 1 aromatic carbocycles. The van der Waals surface area contributed by atoms with E-state index in [0.717, 1.165) is 11.3 Å². The Morgan fingerprint density at radius 3 is 2.69 bits per heavy atom. The SMILES string of the molecule is CCNC(=NCc1coc(-c2ccc(C)cc2)n1)NCCN1CCCS1(=O)=O.I. The normalized spacial score (nSPS) is 16.4. The van der Waals surface area contributed by atoms with Crippen molar-refractivity contribution in [2.75, 3.05) is 31.9 Å². The first kappa shape index (κ1) is 23.6. The van der Waals surface area contributed by atoms with E-state index in [-0.39, 0.29) is 29.7 Å². The maximum absolute atomic E-state index is 11.8. The highest BCUT2D eigenvalue weighted by Gasteiger charge is 2.27. The second kappa shape index (κ2) is 10.9. The molecule has 1 aliphatic rings. The predicted octanol–water partition coefficient (Wildman–Crippen LogP) is 2.36. The number of hydrogen-bond acceptors (Lipinski definition) is 5. The van der Waals surface area contributed by atoms with Crippen LogP contribution >= 0.6 is 24.0 Å². The van der Waals surface area contributed by atoms with E-state index >= 15 is 0 Å². The summed E-state index contributed by atoms with van der Waals surface area (Å²) in [5.74, 6) is 1.44. The van der Waals surface area contributed by atoms with Crippen molar-refractivity contribution in [1.29, 1.82) is 0 Å². The Morgan fingerprint density at radius 1 is 1.28 bits per heavy atom. The van der Waals surface area contributed by atoms with E-state index in [1.165, 1.54) is 9.87 Å². The van der Waals surface area contributed by atoms with Crippen molar-refractivity contribution in [2.24, 2.45) is 4.99 Å². The van der Waals surface area contributed by atoms with Gasteiger partial charge in [-0.3, -0.25) is 0 Å². The van der Waals surface area contributed by atoms with Gasteiger partial charge < -0.3 is 15.1 Å². The van der Waals surface area contributed by atoms with Gasteiger partial charge in [0.15, 0.2) is 5.96 Å². The molecule has 0 bridgehead atoms. The van der Waals surface area contributed by atoms with Gasteiger partial charge in [0.1, 0.15) is 12.0 Å². The van der Waals surface area contributed by atoms with Crippen LogP contribution in [-0.4, -0.2) is 55.6 Å². The third-order valence-corrected chi connectivity index (χ3v) is 6.41. The lowest BCUT2D eigenvalue weighted by Crippen LogP contribution is -2.42. The van der Waals surface area contributed by atoms with Crippen molar-refractivity contribution in [2.45, 2.75) is 26.8 Å². The predicted molar refractivity (Wildman–Crippen MR) is 125 cm³/mol. The number of nitrogens with one attached hydrogen (secondary N) is 2. The van der Waals surface area contributed by atoms with Crippen LogP contribution in [0.25, 0.3) is 11.5 Å². The summed E-state index contributed by atoms with van der Waals surface area (Å²) in [6.45, 7) is 6.63. The van der Waals surface area contributed by atoms with Crippen molar-refractivity contribution in [3.05, 3.63) is 41.8 Å². The smallest absolute Gasteiger partial charge is 0.226 e. The van der Waals surface area contributed by atoms with Gasteiger partial charge in [-0.1, -0.05) is 17.7 Å². The van der Waals surface area contributed by atoms with Gasteiger partial charge in [-0.25, -0.2) is 22.7 Å². The molecule has 2 heterocycles. The molecule has 1 aromatic heterocycles. The molecule has 0 unspecified atom stereocenters. The van der Waals surface area contributed by atoms with Crippen LogP contribution in [-0.2, 0) is 16.6 Å². The lowest BCUT2D eigenvalue weighted by Gasteiger charge is -2.16. The van der Waals surface area contributed by atoms with Crippen molar-refractivity contribution in [3.63, 3.8) is 0 Å². The van der Waals surface area contributed by atoms with Crippen LogP contribution < -0.4 is 10.6 Å². The molecule has 160 valence electrons. The quantitative estimate of drug-likeness (QED) is 0.322. The number of guanidine groups is 1. The molecule has 1 aliphatic heterocycles. The lowest BCUT2D eigenvalue weighted by atomic mass is 10.1. The van der Waals surface area contributed by atoms with Gasteiger partial charge in [0.25, 0.3) is 0 Å². The number of aryl methyl sites for hydroxylation is 1. The molecule has 2 aromatic rings. The molecular weight excluding hydrogens is 505 g/mol. The average molecular weight is 533 g/mol. The molecule has 3 rings (SSSR count). The third kappa shape index (κ3) is 6.68. The molecule has 0 aliphatic carbocycles. The van der Waals surface area contributed by atoms with Crippen molar-refractivity contribution in [1.82, 2.24) is 19.9 Å². The van der Waals surface area contributed by atoms with Crippen molar-refractivity contribution < 1.29 is 12.8 Å². The zero-order valence-electron chi connectivity index (χ0n) is 16.7. The van der Waals surface area contributed by atoms with E-state index in [0.29, 0.717) is 51.0 Å². The lowest BCUT2D eigenvalue weighted by molar-refractivity contribution is 0.445. The molecule has 8 nitrogen and oxygen atoms in total. The number of aliphatic imine (C=N–C) groups is 1. The molecule has 1 saturated heterocycles. The molecule has 0 radical (unpaired) electrons. The number of aromatic nitrogens is 1. The molecular formula is C19H28IN5O3S. The number of halogens is 1. The molecule has 2 N–H and O–H groups in total. The topological polar surface area (TPSA) is 99.8 Å². The number of sulfonamides is 1. The fourth-order valence-electron chi connectivity index (χ4n) is 2.95. The Morgan fingerprint density at radius 2 is 2.03 bits per heavy atom. The largest absolute Gasteiger partial charge is 0.444 e. The summed E-state index contributed by atoms with van der Waals surface area (Å²) in [6, 6.07) is 7.99. The molecule has 0 saturated carbocycles. The molecule has 0 spiro atoms. The number of hydrogen-bond donors (Lipinski definition) is 2. The zero-order valence-corrected chi connectivity index (χ0v) is 19.9. The van der Waals surface area contributed by atoms with Crippen LogP contribution in [0.5, 0.6) is 0 Å². The van der Waals surface area contributed by atoms with E-state index in [2.05, 4.69) is 20.6 Å². The minimum absolute atomic E-state index is 0. The minimum atomic E-state index is -3.07. The highest BCUT2D eigenvalue weighted by molar-refractivity contribution is 14.0. The van der Waals surface area contributed by atoms with E-state index in [1.54, 1.807) is 6.26 Å². The third-order valence-electron chi connectivity index (χ3n) is 4.45. The number of rotatable bonds is 7. The highest BCUT2D eigenvalue weighted by atomic mass is 127. The standard InChI is InChI=1S/C19H27N5O3S.HI/c1-3-20-19(21-9-11-24-10-4-12-28(24,25)26)22-13-17-14-27-18(23-17)16-7-5-15(2)6-8-16;/h5-8,14H,3-4,9-13H2,1-2H3,(H2,20,21,22);1H. The number of oxazole rings is 1. The maximum atomic E-state index is 11.8. The number of benzene rings is 1. The summed E-state index contributed by atoms with van der Waals surface area (Å²) in [5, 5.41) is 6.33. The van der Waals surface area contributed by atoms with E-state index in [1.807, 2.05) is 38.1 Å². The van der Waals surface area contributed by atoms with Crippen LogP contribution in [0.4, 0.5) is 0 Å². The number of nitrogens with zero attached hydrogens (tertiary/aromatic N) is 3. The molecule has 1 fully saturated rings. The Balaban J connectivity index is 0.00000300. The summed E-state index contributed by atoms with van der Waals surface area (Å²) < 4.78 is 30.8. The van der Waals surface area contributed by atoms with Crippen molar-refractivity contribution in [3.8, 4) is 11.5 Å². The van der Waals surface area contributed by atoms with E-state index in [4.69, 9.17) is 4.42 Å². The van der Waals surface area contributed by atoms with Gasteiger partial charge in [-0.05, 0) is 32.4 Å². The summed E-state index contributed by atoms with van der Waals surface area (Å²) >= 11 is 0. The summed E-state index contributed by atoms with van der Waals surface area (Å²) in [6.07, 6.45) is 2.31. The van der Waals surface area contributed by atoms with Crippen LogP contribution in [0.3, 0.4) is 0 Å². The van der Waals surface area contributed by atoms with Crippen LogP contribution in [0.15, 0.2) is 39.9 Å². The van der Waals surface area contributed by atoms with Gasteiger partial charge in [0.2, 0.25) is 15.9 Å². The zero-order chi connectivity index (χ0) is 20.0. The average Bonchev–Trinajstić information content (AvgIpc) is 3.27. The Hall–Kier alpha value is -1.66. The maximum Gasteiger partial charge on any atom is 0.226 e. The van der Waals surface area contributed by atoms with Gasteiger partial charge in [0.05, 0.1) is 12.3 Å². The van der Waals surface area contributed by atoms with Gasteiger partial charge in [0, 0.05) is 31.7 Å². The Labute approximate surface area is 189 Å². The molecule has 0 amide bonds. The second-order valence-electron chi connectivity index (χ2n) is 6.70. The first-order valence-electron chi connectivity index (χ1n) is 9.49. The van der Waals surface area contributed by atoms with Crippen LogP contribution in [0.1, 0.15) is 24.6 Å². The Kier molecular flexibility index (Phi) is 8.90. The highest BCUT2D eigenvalue weighted by Crippen LogP contribution is 2.19. The first-order valence-corrected chi connectivity index (χ1v) is 11.1. The fourth-order valence-corrected chi connectivity index (χ4v) is 4.48. The Bertz CT molecular complexity index is 912. The van der Waals surface area contributed by atoms with Crippen molar-refractivity contribution >= 4 is 40.0 Å². The summed E-state index contributed by atoms with van der Waals surface area (Å²) in [4.78, 5) is 9.00. The molecule has 0 atom stereocenters. The summed E-state index contributed by atoms with van der Waals surface area (Å²) in [7, 11) is -3.07. The van der Waals surface area contributed by atoms with Gasteiger partial charge in [-0.15, -0.1) is 24.0 Å². The van der Waals surface area contributed by atoms with Crippen LogP contribution in [0, 0.1) is 6.92 Å². The van der Waals surface area contributed by atoms with E-state index < -0.39 is 10.0 Å². The first-order chi connectivity index (χ1) is 13.5. The molecule has 29 heavy (non-hydrogen) atoms. The van der Waals surface area contributed by atoms with Crippen LogP contribution in [0.2, 0.25) is 0 Å². The van der Waals surface area contributed by atoms with Gasteiger partial charge in [-0.2, -0.15) is 0 Å². The van der Waals surface area contributed by atoms with Gasteiger partial charge >= 0.3 is 0 Å². The summed E-state index contributed by atoms with van der Waals surface area (Å²) in [5.41, 5.74) is 2.84. The van der Waals surface area contributed by atoms with E-state index in [9.17, 15) is 8.42 Å². The minimum Gasteiger partial charge on any atom is -0.444 e. The molecule has 10 heteroatoms. The monoisotopic (exact) mass is 533 g/mol. The fraction of sp³-hybridized carbons (Fsp3) is 0.474.